The van der Waals surface area contributed by atoms with Crippen molar-refractivity contribution in [1.29, 1.82) is 0 Å². The zero-order chi connectivity index (χ0) is 15.3. The van der Waals surface area contributed by atoms with Crippen molar-refractivity contribution >= 4 is 11.8 Å². The van der Waals surface area contributed by atoms with Crippen molar-refractivity contribution in [1.82, 2.24) is 5.43 Å². The second kappa shape index (κ2) is 7.38. The molecule has 4 nitrogen and oxygen atoms in total. The summed E-state index contributed by atoms with van der Waals surface area (Å²) in [5.41, 5.74) is 4.16. The van der Waals surface area contributed by atoms with E-state index in [0.717, 1.165) is 17.1 Å². The number of ether oxygens (including phenoxy) is 2. The van der Waals surface area contributed by atoms with Crippen molar-refractivity contribution in [2.45, 2.75) is 44.4 Å². The number of hydrazine groups is 1. The highest BCUT2D eigenvalue weighted by Crippen LogP contribution is 2.47. The van der Waals surface area contributed by atoms with E-state index in [4.69, 9.17) is 15.3 Å². The Kier molecular flexibility index (Phi) is 5.79. The third-order valence-corrected chi connectivity index (χ3v) is 5.52. The van der Waals surface area contributed by atoms with Gasteiger partial charge in [-0.15, -0.1) is 0 Å². The number of benzene rings is 1. The highest BCUT2D eigenvalue weighted by Gasteiger charge is 2.38. The molecule has 2 rings (SSSR count). The van der Waals surface area contributed by atoms with Gasteiger partial charge in [-0.2, -0.15) is 11.8 Å². The van der Waals surface area contributed by atoms with Crippen LogP contribution in [0.5, 0.6) is 11.5 Å². The largest absolute Gasteiger partial charge is 0.490 e. The molecule has 5 heteroatoms. The smallest absolute Gasteiger partial charge is 0.161 e. The molecule has 2 atom stereocenters. The first-order chi connectivity index (χ1) is 10.1. The molecule has 0 radical (unpaired) electrons. The van der Waals surface area contributed by atoms with E-state index in [2.05, 4.69) is 24.5 Å². The van der Waals surface area contributed by atoms with E-state index in [1.807, 2.05) is 31.7 Å². The van der Waals surface area contributed by atoms with Gasteiger partial charge in [-0.05, 0) is 57.1 Å². The van der Waals surface area contributed by atoms with Gasteiger partial charge in [0.2, 0.25) is 0 Å². The molecule has 1 aliphatic rings. The molecule has 1 heterocycles. The van der Waals surface area contributed by atoms with Gasteiger partial charge >= 0.3 is 0 Å². The van der Waals surface area contributed by atoms with Gasteiger partial charge in [-0.1, -0.05) is 6.07 Å². The summed E-state index contributed by atoms with van der Waals surface area (Å²) >= 11 is 1.99. The lowest BCUT2D eigenvalue weighted by molar-refractivity contribution is 0.286. The maximum absolute atomic E-state index is 5.86. The molecule has 1 saturated heterocycles. The summed E-state index contributed by atoms with van der Waals surface area (Å²) in [7, 11) is 0. The molecule has 118 valence electrons. The Morgan fingerprint density at radius 1 is 1.29 bits per heavy atom. The zero-order valence-electron chi connectivity index (χ0n) is 13.1. The molecule has 0 amide bonds. The molecular weight excluding hydrogens is 284 g/mol. The van der Waals surface area contributed by atoms with Gasteiger partial charge in [0, 0.05) is 4.75 Å². The molecule has 0 spiro atoms. The predicted molar refractivity (Wildman–Crippen MR) is 88.9 cm³/mol. The monoisotopic (exact) mass is 310 g/mol. The Hall–Kier alpha value is -0.910. The van der Waals surface area contributed by atoms with E-state index < -0.39 is 0 Å². The SMILES string of the molecule is CCOc1ccc(C(NN)C2(C)CCCS2)cc1OCC. The maximum atomic E-state index is 5.86. The summed E-state index contributed by atoms with van der Waals surface area (Å²) in [4.78, 5) is 0. The summed E-state index contributed by atoms with van der Waals surface area (Å²) in [6.07, 6.45) is 2.42. The predicted octanol–water partition coefficient (Wildman–Crippen LogP) is 3.27. The Morgan fingerprint density at radius 3 is 2.57 bits per heavy atom. The van der Waals surface area contributed by atoms with E-state index in [1.165, 1.54) is 18.6 Å². The van der Waals surface area contributed by atoms with Crippen LogP contribution in [0.1, 0.15) is 45.2 Å². The Labute approximate surface area is 131 Å². The summed E-state index contributed by atoms with van der Waals surface area (Å²) in [6.45, 7) is 7.49. The van der Waals surface area contributed by atoms with Gasteiger partial charge in [0.05, 0.1) is 19.3 Å². The Balaban J connectivity index is 2.30. The molecule has 0 bridgehead atoms. The van der Waals surface area contributed by atoms with Crippen LogP contribution in [0, 0.1) is 0 Å². The van der Waals surface area contributed by atoms with Gasteiger partial charge in [0.1, 0.15) is 0 Å². The van der Waals surface area contributed by atoms with E-state index in [-0.39, 0.29) is 10.8 Å². The van der Waals surface area contributed by atoms with Crippen LogP contribution in [-0.4, -0.2) is 23.7 Å². The lowest BCUT2D eigenvalue weighted by Gasteiger charge is -2.33. The zero-order valence-corrected chi connectivity index (χ0v) is 14.0. The van der Waals surface area contributed by atoms with Crippen LogP contribution in [-0.2, 0) is 0 Å². The molecule has 1 aliphatic heterocycles. The van der Waals surface area contributed by atoms with Crippen LogP contribution >= 0.6 is 11.8 Å². The summed E-state index contributed by atoms with van der Waals surface area (Å²) in [5.74, 6) is 8.64. The first-order valence-electron chi connectivity index (χ1n) is 7.64. The number of hydrogen-bond donors (Lipinski definition) is 2. The van der Waals surface area contributed by atoms with Crippen LogP contribution < -0.4 is 20.7 Å². The van der Waals surface area contributed by atoms with Gasteiger partial charge in [0.25, 0.3) is 0 Å². The maximum Gasteiger partial charge on any atom is 0.161 e. The van der Waals surface area contributed by atoms with E-state index in [1.54, 1.807) is 0 Å². The fourth-order valence-corrected chi connectivity index (χ4v) is 4.32. The molecule has 0 aromatic heterocycles. The van der Waals surface area contributed by atoms with Crippen LogP contribution in [0.2, 0.25) is 0 Å². The number of rotatable bonds is 7. The minimum atomic E-state index is 0.111. The molecule has 1 aromatic rings. The number of hydrogen-bond acceptors (Lipinski definition) is 5. The average molecular weight is 310 g/mol. The van der Waals surface area contributed by atoms with Crippen LogP contribution in [0.3, 0.4) is 0 Å². The van der Waals surface area contributed by atoms with Gasteiger partial charge in [-0.25, -0.2) is 0 Å². The molecule has 2 unspecified atom stereocenters. The summed E-state index contributed by atoms with van der Waals surface area (Å²) in [6, 6.07) is 6.24. The highest BCUT2D eigenvalue weighted by molar-refractivity contribution is 8.00. The normalized spacial score (nSPS) is 23.0. The topological polar surface area (TPSA) is 56.5 Å². The van der Waals surface area contributed by atoms with E-state index in [0.29, 0.717) is 13.2 Å². The van der Waals surface area contributed by atoms with E-state index in [9.17, 15) is 0 Å². The summed E-state index contributed by atoms with van der Waals surface area (Å²) < 4.78 is 11.5. The minimum absolute atomic E-state index is 0.111. The third kappa shape index (κ3) is 3.65. The Morgan fingerprint density at radius 2 is 2.00 bits per heavy atom. The highest BCUT2D eigenvalue weighted by atomic mass is 32.2. The van der Waals surface area contributed by atoms with Gasteiger partial charge < -0.3 is 9.47 Å². The van der Waals surface area contributed by atoms with Crippen molar-refractivity contribution in [3.63, 3.8) is 0 Å². The summed E-state index contributed by atoms with van der Waals surface area (Å²) in [5, 5.41) is 0. The Bertz CT molecular complexity index is 462. The van der Waals surface area contributed by atoms with Gasteiger partial charge in [0.15, 0.2) is 11.5 Å². The van der Waals surface area contributed by atoms with Crippen molar-refractivity contribution < 1.29 is 9.47 Å². The van der Waals surface area contributed by atoms with Crippen LogP contribution in [0.25, 0.3) is 0 Å². The number of nitrogens with one attached hydrogen (secondary N) is 1. The first kappa shape index (κ1) is 16.5. The molecule has 0 saturated carbocycles. The molecular formula is C16H26N2O2S. The van der Waals surface area contributed by atoms with Crippen molar-refractivity contribution in [2.75, 3.05) is 19.0 Å². The van der Waals surface area contributed by atoms with E-state index >= 15 is 0 Å². The lowest BCUT2D eigenvalue weighted by atomic mass is 9.90. The fraction of sp³-hybridized carbons (Fsp3) is 0.625. The lowest BCUT2D eigenvalue weighted by Crippen LogP contribution is -2.41. The van der Waals surface area contributed by atoms with Crippen LogP contribution in [0.15, 0.2) is 18.2 Å². The standard InChI is InChI=1S/C16H26N2O2S/c1-4-19-13-8-7-12(11-14(13)20-5-2)15(18-17)16(3)9-6-10-21-16/h7-8,11,15,18H,4-6,9-10,17H2,1-3H3. The molecule has 21 heavy (non-hydrogen) atoms. The second-order valence-corrected chi connectivity index (χ2v) is 7.07. The molecule has 1 fully saturated rings. The molecule has 0 aliphatic carbocycles. The third-order valence-electron chi connectivity index (χ3n) is 3.93. The quantitative estimate of drug-likeness (QED) is 0.598. The second-order valence-electron chi connectivity index (χ2n) is 5.44. The van der Waals surface area contributed by atoms with Gasteiger partial charge in [-0.3, -0.25) is 11.3 Å². The first-order valence-corrected chi connectivity index (χ1v) is 8.62. The average Bonchev–Trinajstić information content (AvgIpc) is 2.90. The fourth-order valence-electron chi connectivity index (χ4n) is 2.90. The molecule has 3 N–H and O–H groups in total. The van der Waals surface area contributed by atoms with Crippen LogP contribution in [0.4, 0.5) is 0 Å². The number of nitrogens with two attached hydrogens (primary N) is 1. The minimum Gasteiger partial charge on any atom is -0.490 e. The van der Waals surface area contributed by atoms with Crippen molar-refractivity contribution in [3.05, 3.63) is 23.8 Å². The van der Waals surface area contributed by atoms with Crippen molar-refractivity contribution in [2.24, 2.45) is 5.84 Å². The number of thioether (sulfide) groups is 1. The van der Waals surface area contributed by atoms with Crippen molar-refractivity contribution in [3.8, 4) is 11.5 Å². The molecule has 1 aromatic carbocycles.